The van der Waals surface area contributed by atoms with Crippen molar-refractivity contribution in [1.82, 2.24) is 19.8 Å². The molecule has 2 fully saturated rings. The van der Waals surface area contributed by atoms with Crippen LogP contribution in [0.5, 0.6) is 0 Å². The number of aromatic amines is 1. The van der Waals surface area contributed by atoms with E-state index in [1.54, 1.807) is 4.90 Å². The number of amides is 1. The zero-order valence-corrected chi connectivity index (χ0v) is 18.5. The lowest BCUT2D eigenvalue weighted by Gasteiger charge is -2.33. The monoisotopic (exact) mass is 438 g/mol. The summed E-state index contributed by atoms with van der Waals surface area (Å²) < 4.78 is 13.3. The molecule has 6 nitrogen and oxygen atoms in total. The molecule has 1 saturated carbocycles. The van der Waals surface area contributed by atoms with E-state index in [4.69, 9.17) is 4.98 Å². The molecule has 1 aromatic carbocycles. The Morgan fingerprint density at radius 1 is 1.06 bits per heavy atom. The highest BCUT2D eigenvalue weighted by Gasteiger charge is 2.34. The number of likely N-dealkylation sites (tertiary alicyclic amines) is 1. The fraction of sp³-hybridized carbons (Fsp3) is 0.560. The first-order valence-corrected chi connectivity index (χ1v) is 12.0. The molecule has 3 heterocycles. The third kappa shape index (κ3) is 4.35. The van der Waals surface area contributed by atoms with Gasteiger partial charge in [-0.25, -0.2) is 9.37 Å². The Balaban J connectivity index is 1.33. The topological polar surface area (TPSA) is 69.3 Å². The van der Waals surface area contributed by atoms with Gasteiger partial charge in [-0.1, -0.05) is 19.3 Å². The largest absolute Gasteiger partial charge is 0.328 e. The molecule has 0 bridgehead atoms. The van der Waals surface area contributed by atoms with E-state index >= 15 is 0 Å². The minimum absolute atomic E-state index is 0.0700. The molecule has 1 atom stereocenters. The van der Waals surface area contributed by atoms with Crippen LogP contribution in [0, 0.1) is 11.7 Å². The van der Waals surface area contributed by atoms with Crippen LogP contribution in [-0.4, -0.2) is 45.3 Å². The van der Waals surface area contributed by atoms with Crippen molar-refractivity contribution >= 4 is 5.91 Å². The molecule has 170 valence electrons. The van der Waals surface area contributed by atoms with Crippen molar-refractivity contribution in [3.8, 4) is 0 Å². The number of fused-ring (bicyclic) bond motifs is 1. The van der Waals surface area contributed by atoms with Gasteiger partial charge >= 0.3 is 0 Å². The molecular formula is C25H31FN4O2. The first kappa shape index (κ1) is 21.3. The highest BCUT2D eigenvalue weighted by Crippen LogP contribution is 2.32. The summed E-state index contributed by atoms with van der Waals surface area (Å²) in [4.78, 5) is 38.0. The summed E-state index contributed by atoms with van der Waals surface area (Å²) in [7, 11) is 0. The summed E-state index contributed by atoms with van der Waals surface area (Å²) >= 11 is 0. The van der Waals surface area contributed by atoms with Crippen molar-refractivity contribution in [3.63, 3.8) is 0 Å². The quantitative estimate of drug-likeness (QED) is 0.788. The van der Waals surface area contributed by atoms with Crippen LogP contribution in [0.3, 0.4) is 0 Å². The smallest absolute Gasteiger partial charge is 0.255 e. The second-order valence-electron chi connectivity index (χ2n) is 9.53. The van der Waals surface area contributed by atoms with Gasteiger partial charge in [0.2, 0.25) is 0 Å². The van der Waals surface area contributed by atoms with Gasteiger partial charge in [-0.15, -0.1) is 0 Å². The van der Waals surface area contributed by atoms with Gasteiger partial charge in [0.15, 0.2) is 0 Å². The van der Waals surface area contributed by atoms with Gasteiger partial charge in [-0.3, -0.25) is 14.5 Å². The minimum atomic E-state index is -0.363. The molecule has 1 aromatic heterocycles. The zero-order valence-electron chi connectivity index (χ0n) is 18.5. The molecule has 3 aliphatic rings. The van der Waals surface area contributed by atoms with E-state index in [1.807, 2.05) is 0 Å². The van der Waals surface area contributed by atoms with Crippen LogP contribution in [-0.2, 0) is 13.0 Å². The number of nitrogens with one attached hydrogen (secondary N) is 1. The van der Waals surface area contributed by atoms with Crippen LogP contribution in [0.2, 0.25) is 0 Å². The SMILES string of the molecule is O=C(c1ccc(F)cc1)N1CCC[C@@H]1c1nc2c(c(=O)[nH]1)CN(CC1CCCCC1)CC2. The maximum Gasteiger partial charge on any atom is 0.255 e. The Morgan fingerprint density at radius 3 is 2.62 bits per heavy atom. The molecule has 1 amide bonds. The van der Waals surface area contributed by atoms with E-state index in [0.29, 0.717) is 24.5 Å². The predicted molar refractivity (Wildman–Crippen MR) is 120 cm³/mol. The van der Waals surface area contributed by atoms with Crippen molar-refractivity contribution in [1.29, 1.82) is 0 Å². The van der Waals surface area contributed by atoms with E-state index in [-0.39, 0.29) is 23.3 Å². The van der Waals surface area contributed by atoms with Gasteiger partial charge in [0, 0.05) is 38.2 Å². The third-order valence-corrected chi connectivity index (χ3v) is 7.33. The van der Waals surface area contributed by atoms with Gasteiger partial charge in [0.05, 0.1) is 17.3 Å². The number of halogens is 1. The maximum atomic E-state index is 13.3. The van der Waals surface area contributed by atoms with Crippen molar-refractivity contribution in [2.24, 2.45) is 5.92 Å². The Bertz CT molecular complexity index is 1030. The lowest BCUT2D eigenvalue weighted by molar-refractivity contribution is 0.0729. The summed E-state index contributed by atoms with van der Waals surface area (Å²) in [6.45, 7) is 3.28. The Labute approximate surface area is 187 Å². The van der Waals surface area contributed by atoms with E-state index in [0.717, 1.165) is 49.5 Å². The molecule has 1 N–H and O–H groups in total. The molecule has 0 radical (unpaired) electrons. The summed E-state index contributed by atoms with van der Waals surface area (Å²) in [6.07, 6.45) is 9.01. The predicted octanol–water partition coefficient (Wildman–Crippen LogP) is 3.82. The fourth-order valence-corrected chi connectivity index (χ4v) is 5.60. The summed E-state index contributed by atoms with van der Waals surface area (Å²) in [6, 6.07) is 5.38. The highest BCUT2D eigenvalue weighted by molar-refractivity contribution is 5.94. The molecule has 2 aliphatic heterocycles. The second-order valence-corrected chi connectivity index (χ2v) is 9.53. The van der Waals surface area contributed by atoms with Crippen LogP contribution < -0.4 is 5.56 Å². The average molecular weight is 439 g/mol. The number of hydrogen-bond acceptors (Lipinski definition) is 4. The van der Waals surface area contributed by atoms with Gasteiger partial charge in [-0.2, -0.15) is 0 Å². The van der Waals surface area contributed by atoms with Gasteiger partial charge in [0.1, 0.15) is 11.6 Å². The third-order valence-electron chi connectivity index (χ3n) is 7.33. The zero-order chi connectivity index (χ0) is 22.1. The van der Waals surface area contributed by atoms with Crippen LogP contribution in [0.4, 0.5) is 4.39 Å². The Kier molecular flexibility index (Phi) is 6.09. The average Bonchev–Trinajstić information content (AvgIpc) is 3.30. The fourth-order valence-electron chi connectivity index (χ4n) is 5.60. The summed E-state index contributed by atoms with van der Waals surface area (Å²) in [5.41, 5.74) is 2.05. The van der Waals surface area contributed by atoms with Crippen molar-refractivity contribution in [2.45, 2.75) is 64.0 Å². The first-order chi connectivity index (χ1) is 15.6. The molecule has 0 spiro atoms. The number of carbonyl (C=O) groups is 1. The molecule has 1 aliphatic carbocycles. The lowest BCUT2D eigenvalue weighted by Crippen LogP contribution is -2.40. The molecule has 1 saturated heterocycles. The molecule has 7 heteroatoms. The van der Waals surface area contributed by atoms with Crippen LogP contribution in [0.25, 0.3) is 0 Å². The molecule has 32 heavy (non-hydrogen) atoms. The molecule has 0 unspecified atom stereocenters. The minimum Gasteiger partial charge on any atom is -0.328 e. The summed E-state index contributed by atoms with van der Waals surface area (Å²) in [5, 5.41) is 0. The summed E-state index contributed by atoms with van der Waals surface area (Å²) in [5.74, 6) is 0.827. The highest BCUT2D eigenvalue weighted by atomic mass is 19.1. The normalized spacial score (nSPS) is 22.2. The molecular weight excluding hydrogens is 407 g/mol. The van der Waals surface area contributed by atoms with Crippen LogP contribution in [0.15, 0.2) is 29.1 Å². The number of hydrogen-bond donors (Lipinski definition) is 1. The maximum absolute atomic E-state index is 13.3. The number of nitrogens with zero attached hydrogens (tertiary/aromatic N) is 3. The van der Waals surface area contributed by atoms with Crippen LogP contribution >= 0.6 is 0 Å². The second kappa shape index (κ2) is 9.14. The Morgan fingerprint density at radius 2 is 1.84 bits per heavy atom. The van der Waals surface area contributed by atoms with E-state index < -0.39 is 0 Å². The van der Waals surface area contributed by atoms with Crippen molar-refractivity contribution in [3.05, 3.63) is 63.1 Å². The van der Waals surface area contributed by atoms with E-state index in [1.165, 1.54) is 56.4 Å². The lowest BCUT2D eigenvalue weighted by atomic mass is 9.88. The molecule has 5 rings (SSSR count). The van der Waals surface area contributed by atoms with Gasteiger partial charge in [-0.05, 0) is 55.9 Å². The number of rotatable bonds is 4. The number of benzene rings is 1. The number of aromatic nitrogens is 2. The number of H-pyrrole nitrogens is 1. The Hall–Kier alpha value is -2.54. The van der Waals surface area contributed by atoms with Crippen LogP contribution in [0.1, 0.15) is 78.4 Å². The van der Waals surface area contributed by atoms with E-state index in [9.17, 15) is 14.0 Å². The van der Waals surface area contributed by atoms with Gasteiger partial charge < -0.3 is 9.88 Å². The molecule has 2 aromatic rings. The van der Waals surface area contributed by atoms with E-state index in [2.05, 4.69) is 9.88 Å². The number of carbonyl (C=O) groups excluding carboxylic acids is 1. The first-order valence-electron chi connectivity index (χ1n) is 12.0. The standard InChI is InChI=1S/C25H31FN4O2/c26-19-10-8-18(9-11-19)25(32)30-13-4-7-22(30)23-27-21-12-14-29(16-20(21)24(31)28-23)15-17-5-2-1-3-6-17/h8-11,17,22H,1-7,12-16H2,(H,27,28,31)/t22-/m1/s1. The van der Waals surface area contributed by atoms with Gasteiger partial charge in [0.25, 0.3) is 11.5 Å². The van der Waals surface area contributed by atoms with Crippen molar-refractivity contribution < 1.29 is 9.18 Å². The van der Waals surface area contributed by atoms with Crippen molar-refractivity contribution in [2.75, 3.05) is 19.6 Å².